The fraction of sp³-hybridized carbons (Fsp3) is 0.333. The lowest BCUT2D eigenvalue weighted by atomic mass is 9.92. The maximum atomic E-state index is 13.5. The minimum absolute atomic E-state index is 0.120. The van der Waals surface area contributed by atoms with Gasteiger partial charge in [-0.1, -0.05) is 36.4 Å². The average molecular weight is 622 g/mol. The van der Waals surface area contributed by atoms with Gasteiger partial charge in [-0.3, -0.25) is 14.3 Å². The Bertz CT molecular complexity index is 1780. The summed E-state index contributed by atoms with van der Waals surface area (Å²) in [4.78, 5) is 39.4. The highest BCUT2D eigenvalue weighted by molar-refractivity contribution is 5.97. The van der Waals surface area contributed by atoms with Crippen molar-refractivity contribution in [3.05, 3.63) is 101 Å². The van der Waals surface area contributed by atoms with Gasteiger partial charge in [0.05, 0.1) is 19.3 Å². The first-order valence-corrected chi connectivity index (χ1v) is 15.7. The number of ether oxygens (including phenoxy) is 1. The van der Waals surface area contributed by atoms with Gasteiger partial charge in [0, 0.05) is 42.5 Å². The molecule has 2 aliphatic rings. The third-order valence-electron chi connectivity index (χ3n) is 9.05. The molecule has 1 fully saturated rings. The maximum Gasteiger partial charge on any atom is 0.327 e. The number of anilines is 1. The van der Waals surface area contributed by atoms with Gasteiger partial charge in [0.2, 0.25) is 5.91 Å². The molecular formula is C36H39N5O5. The molecule has 0 bridgehead atoms. The minimum Gasteiger partial charge on any atom is -0.493 e. The molecule has 1 saturated carbocycles. The van der Waals surface area contributed by atoms with E-state index in [0.717, 1.165) is 46.7 Å². The zero-order valence-corrected chi connectivity index (χ0v) is 26.1. The van der Waals surface area contributed by atoms with Crippen LogP contribution in [-0.2, 0) is 16.1 Å². The van der Waals surface area contributed by atoms with Crippen LogP contribution in [0.1, 0.15) is 57.8 Å². The third-order valence-corrected chi connectivity index (χ3v) is 9.05. The number of carbonyl (C=O) groups is 3. The number of nitrogens with zero attached hydrogens (tertiary/aromatic N) is 3. The largest absolute Gasteiger partial charge is 0.493 e. The van der Waals surface area contributed by atoms with Gasteiger partial charge in [0.15, 0.2) is 0 Å². The van der Waals surface area contributed by atoms with Gasteiger partial charge in [0.25, 0.3) is 5.91 Å². The highest BCUT2D eigenvalue weighted by Crippen LogP contribution is 2.57. The second kappa shape index (κ2) is 13.2. The molecule has 3 aromatic carbocycles. The molecular weight excluding hydrogens is 582 g/mol. The van der Waals surface area contributed by atoms with Crippen molar-refractivity contribution in [3.8, 4) is 16.9 Å². The van der Waals surface area contributed by atoms with Crippen molar-refractivity contribution in [1.82, 2.24) is 15.1 Å². The van der Waals surface area contributed by atoms with Gasteiger partial charge in [-0.2, -0.15) is 5.10 Å². The van der Waals surface area contributed by atoms with Crippen molar-refractivity contribution >= 4 is 23.5 Å². The Balaban J connectivity index is 1.13. The van der Waals surface area contributed by atoms with Crippen molar-refractivity contribution in [1.29, 1.82) is 0 Å². The second-order valence-corrected chi connectivity index (χ2v) is 12.2. The molecule has 10 nitrogen and oxygen atoms in total. The molecule has 1 aliphatic carbocycles. The van der Waals surface area contributed by atoms with Gasteiger partial charge in [-0.05, 0) is 90.6 Å². The number of aromatic nitrogens is 2. The van der Waals surface area contributed by atoms with E-state index in [1.54, 1.807) is 18.2 Å². The second-order valence-electron chi connectivity index (χ2n) is 12.2. The number of hydrogen-bond acceptors (Lipinski definition) is 6. The fourth-order valence-corrected chi connectivity index (χ4v) is 6.27. The number of nitrogens with one attached hydrogen (secondary N) is 1. The van der Waals surface area contributed by atoms with E-state index in [1.165, 1.54) is 11.1 Å². The molecule has 10 heteroatoms. The van der Waals surface area contributed by atoms with Crippen LogP contribution in [0.4, 0.5) is 5.69 Å². The van der Waals surface area contributed by atoms with Crippen molar-refractivity contribution in [3.63, 3.8) is 0 Å². The lowest BCUT2D eigenvalue weighted by Gasteiger charge is -2.30. The molecule has 2 heterocycles. The van der Waals surface area contributed by atoms with Crippen LogP contribution >= 0.6 is 0 Å². The molecule has 0 saturated heterocycles. The van der Waals surface area contributed by atoms with E-state index < -0.39 is 17.9 Å². The number of rotatable bonds is 12. The first-order chi connectivity index (χ1) is 22.2. The number of amides is 2. The maximum absolute atomic E-state index is 13.5. The van der Waals surface area contributed by atoms with Gasteiger partial charge in [-0.15, -0.1) is 0 Å². The van der Waals surface area contributed by atoms with Crippen molar-refractivity contribution in [2.75, 3.05) is 24.6 Å². The van der Waals surface area contributed by atoms with Crippen molar-refractivity contribution in [2.24, 2.45) is 11.7 Å². The molecule has 46 heavy (non-hydrogen) atoms. The van der Waals surface area contributed by atoms with Gasteiger partial charge in [0.1, 0.15) is 11.8 Å². The number of carbonyl (C=O) groups excluding carboxylic acids is 2. The Labute approximate surface area is 268 Å². The standard InChI is InChI=1S/C36H39N5O5/c1-22-7-3-12-32(23(22)2)46-14-6-13-33(42)41-21-26-16-29(26)34-28(10-5-11-31(34)41)27-18-38-40(20-27)19-24-8-4-9-25(15-24)35(43)39-30(17-37)36(44)45/h3-5,7-12,15,18,20,26,29-30H,6,13-14,16-17,19,21,37H2,1-2H3,(H,39,43)(H,44,45)/t26-,29-,30-/m0/s1. The summed E-state index contributed by atoms with van der Waals surface area (Å²) in [6.45, 7) is 5.59. The molecule has 4 N–H and O–H groups in total. The summed E-state index contributed by atoms with van der Waals surface area (Å²) in [5, 5.41) is 16.3. The van der Waals surface area contributed by atoms with Crippen LogP contribution in [0.25, 0.3) is 11.1 Å². The van der Waals surface area contributed by atoms with E-state index >= 15 is 0 Å². The summed E-state index contributed by atoms with van der Waals surface area (Å²) in [7, 11) is 0. The number of carboxylic acids is 1. The van der Waals surface area contributed by atoms with Gasteiger partial charge < -0.3 is 25.8 Å². The SMILES string of the molecule is Cc1cccc(OCCCC(=O)N2C[C@@H]3C[C@@H]3c3c(-c4cnn(Cc5cccc(C(=O)N[C@@H](CN)C(=O)O)c5)c4)cccc32)c1C. The number of carboxylic acid groups (broad SMARTS) is 1. The van der Waals surface area contributed by atoms with E-state index in [9.17, 15) is 19.5 Å². The Morgan fingerprint density at radius 2 is 1.91 bits per heavy atom. The quantitative estimate of drug-likeness (QED) is 0.196. The summed E-state index contributed by atoms with van der Waals surface area (Å²) in [6.07, 6.45) is 5.96. The Kier molecular flexibility index (Phi) is 8.90. The highest BCUT2D eigenvalue weighted by Gasteiger charge is 2.47. The summed E-state index contributed by atoms with van der Waals surface area (Å²) in [6, 6.07) is 18.0. The molecule has 1 aromatic heterocycles. The van der Waals surface area contributed by atoms with E-state index in [2.05, 4.69) is 42.5 Å². The number of fused-ring (bicyclic) bond motifs is 3. The normalized spacial score (nSPS) is 17.1. The molecule has 238 valence electrons. The van der Waals surface area contributed by atoms with Gasteiger partial charge in [-0.25, -0.2) is 4.79 Å². The summed E-state index contributed by atoms with van der Waals surface area (Å²) >= 11 is 0. The number of hydrogen-bond donors (Lipinski definition) is 3. The zero-order chi connectivity index (χ0) is 32.4. The average Bonchev–Trinajstić information content (AvgIpc) is 3.70. The first kappa shape index (κ1) is 31.0. The van der Waals surface area contributed by atoms with Crippen LogP contribution in [0.15, 0.2) is 73.1 Å². The predicted octanol–water partition coefficient (Wildman–Crippen LogP) is 4.67. The number of aryl methyl sites for hydroxylation is 1. The number of benzene rings is 3. The smallest absolute Gasteiger partial charge is 0.327 e. The highest BCUT2D eigenvalue weighted by atomic mass is 16.5. The lowest BCUT2D eigenvalue weighted by molar-refractivity contribution is -0.139. The molecule has 2 amide bonds. The zero-order valence-electron chi connectivity index (χ0n) is 26.1. The number of aliphatic carboxylic acids is 1. The topological polar surface area (TPSA) is 140 Å². The minimum atomic E-state index is -1.18. The Hall–Kier alpha value is -4.96. The Morgan fingerprint density at radius 1 is 1.11 bits per heavy atom. The van der Waals surface area contributed by atoms with E-state index in [-0.39, 0.29) is 12.5 Å². The third kappa shape index (κ3) is 6.53. The van der Waals surface area contributed by atoms with E-state index in [1.807, 2.05) is 46.2 Å². The van der Waals surface area contributed by atoms with Crippen LogP contribution in [0.2, 0.25) is 0 Å². The van der Waals surface area contributed by atoms with Crippen LogP contribution < -0.4 is 20.7 Å². The summed E-state index contributed by atoms with van der Waals surface area (Å²) < 4.78 is 7.81. The lowest BCUT2D eigenvalue weighted by Crippen LogP contribution is -2.45. The molecule has 1 aliphatic heterocycles. The van der Waals surface area contributed by atoms with Crippen molar-refractivity contribution < 1.29 is 24.2 Å². The van der Waals surface area contributed by atoms with Crippen LogP contribution in [0, 0.1) is 19.8 Å². The molecule has 0 unspecified atom stereocenters. The van der Waals surface area contributed by atoms with Crippen molar-refractivity contribution in [2.45, 2.75) is 51.6 Å². The van der Waals surface area contributed by atoms with Crippen LogP contribution in [-0.4, -0.2) is 58.4 Å². The molecule has 0 spiro atoms. The Morgan fingerprint density at radius 3 is 2.72 bits per heavy atom. The molecule has 3 atom stereocenters. The predicted molar refractivity (Wildman–Crippen MR) is 175 cm³/mol. The number of nitrogens with two attached hydrogens (primary N) is 1. The first-order valence-electron chi connectivity index (χ1n) is 15.7. The fourth-order valence-electron chi connectivity index (χ4n) is 6.27. The molecule has 6 rings (SSSR count). The van der Waals surface area contributed by atoms with E-state index in [4.69, 9.17) is 10.5 Å². The van der Waals surface area contributed by atoms with E-state index in [0.29, 0.717) is 43.4 Å². The summed E-state index contributed by atoms with van der Waals surface area (Å²) in [5.74, 6) is 0.217. The van der Waals surface area contributed by atoms with Crippen LogP contribution in [0.5, 0.6) is 5.75 Å². The van der Waals surface area contributed by atoms with Crippen LogP contribution in [0.3, 0.4) is 0 Å². The molecule has 0 radical (unpaired) electrons. The monoisotopic (exact) mass is 621 g/mol. The molecule has 4 aromatic rings. The summed E-state index contributed by atoms with van der Waals surface area (Å²) in [5.41, 5.74) is 13.2. The van der Waals surface area contributed by atoms with Gasteiger partial charge >= 0.3 is 5.97 Å².